The number of fused-ring (bicyclic) bond motifs is 2. The first-order valence-electron chi connectivity index (χ1n) is 9.07. The first-order chi connectivity index (χ1) is 9.87. The van der Waals surface area contributed by atoms with Crippen LogP contribution >= 0.6 is 0 Å². The van der Waals surface area contributed by atoms with Crippen molar-refractivity contribution in [3.8, 4) is 0 Å². The quantitative estimate of drug-likeness (QED) is 0.847. The number of nitrogens with zero attached hydrogens (tertiary/aromatic N) is 2. The Balaban J connectivity index is 1.19. The summed E-state index contributed by atoms with van der Waals surface area (Å²) in [4.78, 5) is 5.48. The van der Waals surface area contributed by atoms with Crippen LogP contribution in [0.4, 0.5) is 0 Å². The van der Waals surface area contributed by atoms with Crippen LogP contribution in [0.15, 0.2) is 0 Å². The molecule has 3 unspecified atom stereocenters. The van der Waals surface area contributed by atoms with Crippen molar-refractivity contribution >= 4 is 0 Å². The summed E-state index contributed by atoms with van der Waals surface area (Å²) in [5.41, 5.74) is 0. The first kappa shape index (κ1) is 13.5. The maximum Gasteiger partial charge on any atom is 0.0111 e. The van der Waals surface area contributed by atoms with Gasteiger partial charge in [0.1, 0.15) is 0 Å². The normalized spacial score (nSPS) is 39.9. The average Bonchev–Trinajstić information content (AvgIpc) is 3.18. The van der Waals surface area contributed by atoms with E-state index in [9.17, 15) is 0 Å². The van der Waals surface area contributed by atoms with Crippen LogP contribution in [-0.4, -0.2) is 61.2 Å². The monoisotopic (exact) mass is 277 g/mol. The lowest BCUT2D eigenvalue weighted by atomic mass is 9.87. The van der Waals surface area contributed by atoms with E-state index in [2.05, 4.69) is 15.1 Å². The second kappa shape index (κ2) is 5.94. The number of likely N-dealkylation sites (tertiary alicyclic amines) is 2. The Morgan fingerprint density at radius 1 is 0.800 bits per heavy atom. The van der Waals surface area contributed by atoms with Crippen molar-refractivity contribution in [1.29, 1.82) is 0 Å². The maximum atomic E-state index is 3.79. The predicted molar refractivity (Wildman–Crippen MR) is 82.9 cm³/mol. The Labute approximate surface area is 124 Å². The van der Waals surface area contributed by atoms with Gasteiger partial charge in [0.15, 0.2) is 0 Å². The van der Waals surface area contributed by atoms with E-state index in [1.807, 2.05) is 0 Å². The van der Waals surface area contributed by atoms with Gasteiger partial charge in [0.2, 0.25) is 0 Å². The molecule has 4 aliphatic heterocycles. The molecule has 114 valence electrons. The molecular formula is C17H31N3. The number of nitrogens with one attached hydrogen (secondary N) is 1. The molecule has 0 aliphatic carbocycles. The van der Waals surface area contributed by atoms with E-state index in [-0.39, 0.29) is 0 Å². The van der Waals surface area contributed by atoms with Crippen LogP contribution in [0.3, 0.4) is 0 Å². The second-order valence-electron chi connectivity index (χ2n) is 7.79. The summed E-state index contributed by atoms with van der Waals surface area (Å²) in [6.07, 6.45) is 10.1. The molecule has 2 bridgehead atoms. The molecule has 20 heavy (non-hydrogen) atoms. The highest BCUT2D eigenvalue weighted by Crippen LogP contribution is 2.34. The molecule has 3 heteroatoms. The standard InChI is InChI=1S/C17H31N3/c1-2-8-19(7-1)12-14-5-9-20(10-6-14)13-15-11-16-3-4-17(15)18-16/h14-18H,1-13H2. The van der Waals surface area contributed by atoms with Crippen LogP contribution < -0.4 is 5.32 Å². The molecule has 1 N–H and O–H groups in total. The van der Waals surface area contributed by atoms with Crippen LogP contribution in [0.1, 0.15) is 44.9 Å². The minimum atomic E-state index is 0.863. The van der Waals surface area contributed by atoms with Crippen molar-refractivity contribution in [1.82, 2.24) is 15.1 Å². The third kappa shape index (κ3) is 2.90. The van der Waals surface area contributed by atoms with Crippen molar-refractivity contribution in [2.24, 2.45) is 11.8 Å². The molecule has 0 radical (unpaired) electrons. The van der Waals surface area contributed by atoms with Gasteiger partial charge in [0.25, 0.3) is 0 Å². The van der Waals surface area contributed by atoms with Gasteiger partial charge in [-0.05, 0) is 83.0 Å². The Bertz CT molecular complexity index is 318. The van der Waals surface area contributed by atoms with E-state index in [1.165, 1.54) is 84.2 Å². The van der Waals surface area contributed by atoms with E-state index >= 15 is 0 Å². The molecule has 4 heterocycles. The lowest BCUT2D eigenvalue weighted by molar-refractivity contribution is 0.131. The van der Waals surface area contributed by atoms with Crippen molar-refractivity contribution in [3.05, 3.63) is 0 Å². The fourth-order valence-corrected chi connectivity index (χ4v) is 5.15. The molecule has 3 atom stereocenters. The minimum Gasteiger partial charge on any atom is -0.311 e. The Kier molecular flexibility index (Phi) is 4.02. The number of hydrogen-bond acceptors (Lipinski definition) is 3. The van der Waals surface area contributed by atoms with Crippen LogP contribution in [0, 0.1) is 11.8 Å². The molecule has 4 rings (SSSR count). The molecule has 0 spiro atoms. The molecule has 0 amide bonds. The fourth-order valence-electron chi connectivity index (χ4n) is 5.15. The highest BCUT2D eigenvalue weighted by atomic mass is 15.2. The second-order valence-corrected chi connectivity index (χ2v) is 7.79. The summed E-state index contributed by atoms with van der Waals surface area (Å²) in [6, 6.07) is 1.74. The van der Waals surface area contributed by atoms with Gasteiger partial charge in [-0.3, -0.25) is 0 Å². The maximum absolute atomic E-state index is 3.79. The fraction of sp³-hybridized carbons (Fsp3) is 1.00. The van der Waals surface area contributed by atoms with E-state index in [0.29, 0.717) is 0 Å². The van der Waals surface area contributed by atoms with E-state index < -0.39 is 0 Å². The van der Waals surface area contributed by atoms with Gasteiger partial charge in [0, 0.05) is 25.2 Å². The van der Waals surface area contributed by atoms with Crippen LogP contribution in [-0.2, 0) is 0 Å². The zero-order chi connectivity index (χ0) is 13.4. The SMILES string of the molecule is C1CCN(CC2CCN(CC3CC4CCC3N4)CC2)C1. The summed E-state index contributed by atoms with van der Waals surface area (Å²) < 4.78 is 0. The molecule has 0 aromatic rings. The van der Waals surface area contributed by atoms with Crippen molar-refractivity contribution in [2.75, 3.05) is 39.3 Å². The molecular weight excluding hydrogens is 246 g/mol. The predicted octanol–water partition coefficient (Wildman–Crippen LogP) is 1.93. The molecule has 4 fully saturated rings. The van der Waals surface area contributed by atoms with Gasteiger partial charge < -0.3 is 15.1 Å². The summed E-state index contributed by atoms with van der Waals surface area (Å²) >= 11 is 0. The van der Waals surface area contributed by atoms with Gasteiger partial charge in [-0.15, -0.1) is 0 Å². The van der Waals surface area contributed by atoms with Crippen molar-refractivity contribution < 1.29 is 0 Å². The molecule has 4 saturated heterocycles. The first-order valence-corrected chi connectivity index (χ1v) is 9.07. The third-order valence-corrected chi connectivity index (χ3v) is 6.35. The molecule has 3 nitrogen and oxygen atoms in total. The topological polar surface area (TPSA) is 18.5 Å². The summed E-state index contributed by atoms with van der Waals surface area (Å²) in [7, 11) is 0. The van der Waals surface area contributed by atoms with Gasteiger partial charge >= 0.3 is 0 Å². The zero-order valence-electron chi connectivity index (χ0n) is 12.9. The molecule has 4 aliphatic rings. The van der Waals surface area contributed by atoms with E-state index in [4.69, 9.17) is 0 Å². The Hall–Kier alpha value is -0.120. The van der Waals surface area contributed by atoms with Crippen molar-refractivity contribution in [2.45, 2.75) is 57.0 Å². The third-order valence-electron chi connectivity index (χ3n) is 6.35. The Morgan fingerprint density at radius 3 is 2.20 bits per heavy atom. The lowest BCUT2D eigenvalue weighted by Gasteiger charge is -2.36. The molecule has 0 saturated carbocycles. The lowest BCUT2D eigenvalue weighted by Crippen LogP contribution is -2.42. The van der Waals surface area contributed by atoms with Gasteiger partial charge in [-0.1, -0.05) is 0 Å². The van der Waals surface area contributed by atoms with E-state index in [1.54, 1.807) is 0 Å². The number of hydrogen-bond donors (Lipinski definition) is 1. The van der Waals surface area contributed by atoms with Crippen molar-refractivity contribution in [3.63, 3.8) is 0 Å². The summed E-state index contributed by atoms with van der Waals surface area (Å²) in [5.74, 6) is 1.95. The van der Waals surface area contributed by atoms with Gasteiger partial charge in [-0.25, -0.2) is 0 Å². The van der Waals surface area contributed by atoms with Gasteiger partial charge in [0.05, 0.1) is 0 Å². The summed E-state index contributed by atoms with van der Waals surface area (Å²) in [6.45, 7) is 8.25. The smallest absolute Gasteiger partial charge is 0.0111 e. The number of piperidine rings is 1. The largest absolute Gasteiger partial charge is 0.311 e. The molecule has 0 aromatic heterocycles. The average molecular weight is 277 g/mol. The van der Waals surface area contributed by atoms with Gasteiger partial charge in [-0.2, -0.15) is 0 Å². The van der Waals surface area contributed by atoms with Crippen LogP contribution in [0.2, 0.25) is 0 Å². The minimum absolute atomic E-state index is 0.863. The van der Waals surface area contributed by atoms with Crippen LogP contribution in [0.25, 0.3) is 0 Å². The van der Waals surface area contributed by atoms with Crippen LogP contribution in [0.5, 0.6) is 0 Å². The zero-order valence-corrected chi connectivity index (χ0v) is 12.9. The molecule has 0 aromatic carbocycles. The Morgan fingerprint density at radius 2 is 1.55 bits per heavy atom. The highest BCUT2D eigenvalue weighted by molar-refractivity contribution is 4.98. The highest BCUT2D eigenvalue weighted by Gasteiger charge is 2.39. The number of rotatable bonds is 4. The van der Waals surface area contributed by atoms with E-state index in [0.717, 1.165) is 23.9 Å². The summed E-state index contributed by atoms with van der Waals surface area (Å²) in [5, 5.41) is 3.79.